The van der Waals surface area contributed by atoms with E-state index in [9.17, 15) is 4.79 Å². The summed E-state index contributed by atoms with van der Waals surface area (Å²) < 4.78 is 7.49. The Morgan fingerprint density at radius 2 is 1.91 bits per heavy atom. The third-order valence-corrected chi connectivity index (χ3v) is 5.92. The first kappa shape index (κ1) is 20.1. The van der Waals surface area contributed by atoms with Gasteiger partial charge in [-0.1, -0.05) is 48.5 Å². The predicted octanol–water partition coefficient (Wildman–Crippen LogP) is 5.10. The minimum atomic E-state index is -0.130. The molecule has 0 saturated carbocycles. The Kier molecular flexibility index (Phi) is 5.46. The molecule has 3 aromatic carbocycles. The zero-order chi connectivity index (χ0) is 21.9. The van der Waals surface area contributed by atoms with Crippen molar-refractivity contribution >= 4 is 5.91 Å². The van der Waals surface area contributed by atoms with Crippen LogP contribution in [-0.2, 0) is 19.5 Å². The molecule has 5 heteroatoms. The summed E-state index contributed by atoms with van der Waals surface area (Å²) in [7, 11) is 1.60. The molecule has 160 valence electrons. The smallest absolute Gasteiger partial charge is 0.251 e. The number of hydrogen-bond acceptors (Lipinski definition) is 3. The molecule has 0 unspecified atom stereocenters. The maximum absolute atomic E-state index is 12.8. The second-order valence-corrected chi connectivity index (χ2v) is 7.99. The summed E-state index contributed by atoms with van der Waals surface area (Å²) in [4.78, 5) is 17.6. The number of aromatic nitrogens is 2. The third kappa shape index (κ3) is 4.02. The van der Waals surface area contributed by atoms with Gasteiger partial charge in [-0.25, -0.2) is 4.98 Å². The molecule has 4 aromatic rings. The van der Waals surface area contributed by atoms with Gasteiger partial charge in [0.05, 0.1) is 12.8 Å². The number of aryl methyl sites for hydroxylation is 2. The van der Waals surface area contributed by atoms with Gasteiger partial charge in [-0.05, 0) is 47.4 Å². The van der Waals surface area contributed by atoms with Gasteiger partial charge in [-0.2, -0.15) is 0 Å². The van der Waals surface area contributed by atoms with Gasteiger partial charge < -0.3 is 14.6 Å². The molecule has 32 heavy (non-hydrogen) atoms. The summed E-state index contributed by atoms with van der Waals surface area (Å²) in [6.45, 7) is 1.45. The molecular formula is C27H25N3O2. The molecule has 0 saturated heterocycles. The molecule has 5 nitrogen and oxygen atoms in total. The Morgan fingerprint density at radius 3 is 2.72 bits per heavy atom. The van der Waals surface area contributed by atoms with Gasteiger partial charge >= 0.3 is 0 Å². The van der Waals surface area contributed by atoms with Crippen LogP contribution in [0.5, 0.6) is 5.75 Å². The zero-order valence-corrected chi connectivity index (χ0v) is 18.0. The molecule has 0 spiro atoms. The first-order valence-corrected chi connectivity index (χ1v) is 10.9. The van der Waals surface area contributed by atoms with Crippen LogP contribution in [0.2, 0.25) is 0 Å². The molecule has 2 heterocycles. The Morgan fingerprint density at radius 1 is 1.03 bits per heavy atom. The molecular weight excluding hydrogens is 398 g/mol. The van der Waals surface area contributed by atoms with Gasteiger partial charge in [-0.15, -0.1) is 0 Å². The monoisotopic (exact) mass is 423 g/mol. The summed E-state index contributed by atoms with van der Waals surface area (Å²) >= 11 is 0. The number of amides is 1. The van der Waals surface area contributed by atoms with E-state index < -0.39 is 0 Å². The second-order valence-electron chi connectivity index (χ2n) is 7.99. The van der Waals surface area contributed by atoms with Crippen LogP contribution in [0.1, 0.15) is 28.2 Å². The number of ether oxygens (including phenoxy) is 1. The fraction of sp³-hybridized carbons (Fsp3) is 0.185. The van der Waals surface area contributed by atoms with Crippen LogP contribution in [0.3, 0.4) is 0 Å². The number of hydrogen-bond donors (Lipinski definition) is 1. The fourth-order valence-electron chi connectivity index (χ4n) is 4.23. The van der Waals surface area contributed by atoms with Gasteiger partial charge in [0.1, 0.15) is 11.6 Å². The lowest BCUT2D eigenvalue weighted by molar-refractivity contribution is 0.0950. The van der Waals surface area contributed by atoms with E-state index in [0.29, 0.717) is 17.9 Å². The average Bonchev–Trinajstić information content (AvgIpc) is 3.46. The van der Waals surface area contributed by atoms with Gasteiger partial charge in [0.25, 0.3) is 5.91 Å². The van der Waals surface area contributed by atoms with Crippen LogP contribution in [0.4, 0.5) is 0 Å². The summed E-state index contributed by atoms with van der Waals surface area (Å²) in [5, 5.41) is 3.07. The highest BCUT2D eigenvalue weighted by molar-refractivity contribution is 5.94. The molecule has 0 bridgehead atoms. The number of carbonyl (C=O) groups excluding carboxylic acids is 1. The maximum Gasteiger partial charge on any atom is 0.251 e. The first-order valence-electron chi connectivity index (χ1n) is 10.9. The van der Waals surface area contributed by atoms with Crippen molar-refractivity contribution < 1.29 is 9.53 Å². The van der Waals surface area contributed by atoms with Crippen LogP contribution in [0.25, 0.3) is 22.4 Å². The van der Waals surface area contributed by atoms with Crippen molar-refractivity contribution in [1.82, 2.24) is 14.9 Å². The molecule has 1 amide bonds. The molecule has 1 aromatic heterocycles. The minimum absolute atomic E-state index is 0.130. The topological polar surface area (TPSA) is 56.1 Å². The standard InChI is InChI=1S/C27H25N3O2/c1-32-23-10-5-9-21(16-23)27(31)28-17-22-15-20(25-18-30-14-6-11-26(30)29-25)12-13-24(22)19-7-3-2-4-8-19/h2-5,7-10,12-13,15-16,18H,6,11,14,17H2,1H3,(H,28,31). The molecule has 1 N–H and O–H groups in total. The normalized spacial score (nSPS) is 12.4. The molecule has 0 fully saturated rings. The van der Waals surface area contributed by atoms with Crippen molar-refractivity contribution in [1.29, 1.82) is 0 Å². The number of carbonyl (C=O) groups is 1. The van der Waals surface area contributed by atoms with E-state index in [1.54, 1.807) is 19.2 Å². The highest BCUT2D eigenvalue weighted by Gasteiger charge is 2.16. The molecule has 0 aliphatic carbocycles. The van der Waals surface area contributed by atoms with E-state index in [2.05, 4.69) is 46.4 Å². The maximum atomic E-state index is 12.8. The Labute approximate surface area is 187 Å². The average molecular weight is 424 g/mol. The highest BCUT2D eigenvalue weighted by Crippen LogP contribution is 2.30. The van der Waals surface area contributed by atoms with Crippen LogP contribution >= 0.6 is 0 Å². The number of fused-ring (bicyclic) bond motifs is 1. The van der Waals surface area contributed by atoms with E-state index in [4.69, 9.17) is 9.72 Å². The Balaban J connectivity index is 1.45. The first-order chi connectivity index (χ1) is 15.7. The highest BCUT2D eigenvalue weighted by atomic mass is 16.5. The SMILES string of the molecule is COc1cccc(C(=O)NCc2cc(-c3cn4c(n3)CCC4)ccc2-c2ccccc2)c1. The Hall–Kier alpha value is -3.86. The summed E-state index contributed by atoms with van der Waals surface area (Å²) in [6.07, 6.45) is 4.33. The Bertz CT molecular complexity index is 1240. The van der Waals surface area contributed by atoms with E-state index in [1.807, 2.05) is 30.3 Å². The fourth-order valence-corrected chi connectivity index (χ4v) is 4.23. The van der Waals surface area contributed by atoms with Gasteiger partial charge in [-0.3, -0.25) is 4.79 Å². The lowest BCUT2D eigenvalue weighted by atomic mass is 9.96. The lowest BCUT2D eigenvalue weighted by Crippen LogP contribution is -2.23. The molecule has 1 aliphatic rings. The zero-order valence-electron chi connectivity index (χ0n) is 18.0. The van der Waals surface area contributed by atoms with E-state index in [1.165, 1.54) is 0 Å². The van der Waals surface area contributed by atoms with Crippen molar-refractivity contribution in [2.45, 2.75) is 25.9 Å². The van der Waals surface area contributed by atoms with Crippen LogP contribution in [0.15, 0.2) is 79.0 Å². The van der Waals surface area contributed by atoms with E-state index >= 15 is 0 Å². The summed E-state index contributed by atoms with van der Waals surface area (Å²) in [6, 6.07) is 23.8. The van der Waals surface area contributed by atoms with Crippen molar-refractivity contribution in [3.05, 3.63) is 95.9 Å². The van der Waals surface area contributed by atoms with Crippen molar-refractivity contribution in [3.63, 3.8) is 0 Å². The molecule has 0 radical (unpaired) electrons. The van der Waals surface area contributed by atoms with E-state index in [0.717, 1.165) is 53.2 Å². The number of methoxy groups -OCH3 is 1. The number of rotatable bonds is 6. The van der Waals surface area contributed by atoms with Gasteiger partial charge in [0.15, 0.2) is 0 Å². The van der Waals surface area contributed by atoms with Crippen LogP contribution in [-0.4, -0.2) is 22.6 Å². The molecule has 0 atom stereocenters. The van der Waals surface area contributed by atoms with Gasteiger partial charge in [0, 0.05) is 36.8 Å². The van der Waals surface area contributed by atoms with Crippen LogP contribution in [0, 0.1) is 0 Å². The van der Waals surface area contributed by atoms with Gasteiger partial charge in [0.2, 0.25) is 0 Å². The van der Waals surface area contributed by atoms with E-state index in [-0.39, 0.29) is 5.91 Å². The quantitative estimate of drug-likeness (QED) is 0.469. The van der Waals surface area contributed by atoms with Crippen LogP contribution < -0.4 is 10.1 Å². The van der Waals surface area contributed by atoms with Crippen molar-refractivity contribution in [3.8, 4) is 28.1 Å². The number of nitrogens with zero attached hydrogens (tertiary/aromatic N) is 2. The molecule has 5 rings (SSSR count). The third-order valence-electron chi connectivity index (χ3n) is 5.92. The summed E-state index contributed by atoms with van der Waals surface area (Å²) in [5.74, 6) is 1.69. The van der Waals surface area contributed by atoms with Crippen molar-refractivity contribution in [2.24, 2.45) is 0 Å². The lowest BCUT2D eigenvalue weighted by Gasteiger charge is -2.13. The number of nitrogens with one attached hydrogen (secondary N) is 1. The largest absolute Gasteiger partial charge is 0.497 e. The predicted molar refractivity (Wildman–Crippen MR) is 126 cm³/mol. The summed E-state index contributed by atoms with van der Waals surface area (Å²) in [5.41, 5.74) is 5.91. The molecule has 1 aliphatic heterocycles. The number of imidazole rings is 1. The number of benzene rings is 3. The minimum Gasteiger partial charge on any atom is -0.497 e. The van der Waals surface area contributed by atoms with Crippen molar-refractivity contribution in [2.75, 3.05) is 7.11 Å². The second kappa shape index (κ2) is 8.71.